The first-order valence-corrected chi connectivity index (χ1v) is 7.41. The summed E-state index contributed by atoms with van der Waals surface area (Å²) in [4.78, 5) is 36.1. The van der Waals surface area contributed by atoms with Crippen molar-refractivity contribution < 1.29 is 19.5 Å². The highest BCUT2D eigenvalue weighted by atomic mass is 16.4. The van der Waals surface area contributed by atoms with Gasteiger partial charge < -0.3 is 20.6 Å². The molecule has 0 aliphatic heterocycles. The Morgan fingerprint density at radius 2 is 1.95 bits per heavy atom. The first kappa shape index (κ1) is 17.3. The van der Waals surface area contributed by atoms with Crippen LogP contribution in [0.15, 0.2) is 0 Å². The number of carbonyl (C=O) groups is 3. The molecule has 1 aliphatic carbocycles. The molecule has 7 nitrogen and oxygen atoms in total. The van der Waals surface area contributed by atoms with E-state index in [4.69, 9.17) is 5.11 Å². The minimum atomic E-state index is -0.810. The molecule has 3 amide bonds. The average Bonchev–Trinajstić information content (AvgIpc) is 2.83. The van der Waals surface area contributed by atoms with Crippen molar-refractivity contribution in [1.29, 1.82) is 0 Å². The van der Waals surface area contributed by atoms with Crippen LogP contribution in [0.1, 0.15) is 40.0 Å². The maximum absolute atomic E-state index is 12.1. The van der Waals surface area contributed by atoms with Crippen LogP contribution in [0, 0.1) is 5.92 Å². The van der Waals surface area contributed by atoms with Crippen LogP contribution in [-0.2, 0) is 9.59 Å². The Labute approximate surface area is 125 Å². The lowest BCUT2D eigenvalue weighted by molar-refractivity contribution is -0.141. The number of urea groups is 1. The van der Waals surface area contributed by atoms with Crippen molar-refractivity contribution in [2.75, 3.05) is 13.1 Å². The highest BCUT2D eigenvalue weighted by Gasteiger charge is 2.31. The molecular formula is C14H25N3O4. The number of nitrogens with one attached hydrogen (secondary N) is 2. The number of likely N-dealkylation sites (N-methyl/N-ethyl adjacent to an activating group) is 1. The fraction of sp³-hybridized carbons (Fsp3) is 0.786. The summed E-state index contributed by atoms with van der Waals surface area (Å²) in [5, 5.41) is 14.5. The zero-order chi connectivity index (χ0) is 16.0. The lowest BCUT2D eigenvalue weighted by atomic mass is 10.1. The Hall–Kier alpha value is -1.79. The van der Waals surface area contributed by atoms with Crippen LogP contribution in [0.2, 0.25) is 0 Å². The number of hydrogen-bond acceptors (Lipinski definition) is 3. The second-order valence-corrected chi connectivity index (χ2v) is 5.73. The summed E-state index contributed by atoms with van der Waals surface area (Å²) in [5.41, 5.74) is 0. The Balaban J connectivity index is 2.45. The van der Waals surface area contributed by atoms with Crippen molar-refractivity contribution in [1.82, 2.24) is 15.5 Å². The highest BCUT2D eigenvalue weighted by molar-refractivity contribution is 5.84. The van der Waals surface area contributed by atoms with E-state index in [1.807, 2.05) is 13.8 Å². The van der Waals surface area contributed by atoms with Crippen molar-refractivity contribution >= 4 is 17.9 Å². The zero-order valence-electron chi connectivity index (χ0n) is 12.9. The van der Waals surface area contributed by atoms with Crippen LogP contribution in [0.3, 0.4) is 0 Å². The number of amides is 3. The maximum Gasteiger partial charge on any atom is 0.318 e. The molecule has 21 heavy (non-hydrogen) atoms. The van der Waals surface area contributed by atoms with E-state index in [9.17, 15) is 14.4 Å². The van der Waals surface area contributed by atoms with Gasteiger partial charge in [-0.15, -0.1) is 0 Å². The third-order valence-corrected chi connectivity index (χ3v) is 3.56. The van der Waals surface area contributed by atoms with Gasteiger partial charge in [-0.05, 0) is 40.0 Å². The van der Waals surface area contributed by atoms with Gasteiger partial charge in [-0.3, -0.25) is 9.59 Å². The molecule has 1 fully saturated rings. The van der Waals surface area contributed by atoms with Crippen molar-refractivity contribution in [3.8, 4) is 0 Å². The van der Waals surface area contributed by atoms with Crippen LogP contribution >= 0.6 is 0 Å². The van der Waals surface area contributed by atoms with Gasteiger partial charge in [0.2, 0.25) is 5.91 Å². The standard InChI is InChI=1S/C14H25N3O4/c1-4-17(8-12(18)15-9(2)3)14(21)16-11-6-5-10(7-11)13(19)20/h9-11H,4-8H2,1-3H3,(H,15,18)(H,16,21)(H,19,20). The maximum atomic E-state index is 12.1. The van der Waals surface area contributed by atoms with E-state index in [-0.39, 0.29) is 36.5 Å². The van der Waals surface area contributed by atoms with Crippen LogP contribution in [0.25, 0.3) is 0 Å². The van der Waals surface area contributed by atoms with E-state index >= 15 is 0 Å². The summed E-state index contributed by atoms with van der Waals surface area (Å²) in [5.74, 6) is -1.39. The molecule has 0 aromatic heterocycles. The molecule has 3 N–H and O–H groups in total. The summed E-state index contributed by atoms with van der Waals surface area (Å²) in [7, 11) is 0. The van der Waals surface area contributed by atoms with Gasteiger partial charge >= 0.3 is 12.0 Å². The molecule has 0 radical (unpaired) electrons. The van der Waals surface area contributed by atoms with Gasteiger partial charge in [0.1, 0.15) is 6.54 Å². The quantitative estimate of drug-likeness (QED) is 0.675. The highest BCUT2D eigenvalue weighted by Crippen LogP contribution is 2.25. The van der Waals surface area contributed by atoms with E-state index in [0.717, 1.165) is 0 Å². The Morgan fingerprint density at radius 3 is 2.43 bits per heavy atom. The zero-order valence-corrected chi connectivity index (χ0v) is 12.9. The second-order valence-electron chi connectivity index (χ2n) is 5.73. The van der Waals surface area contributed by atoms with Gasteiger partial charge in [0.05, 0.1) is 5.92 Å². The summed E-state index contributed by atoms with van der Waals surface area (Å²) in [6, 6.07) is -0.404. The van der Waals surface area contributed by atoms with Gasteiger partial charge in [-0.2, -0.15) is 0 Å². The van der Waals surface area contributed by atoms with E-state index in [0.29, 0.717) is 25.8 Å². The van der Waals surface area contributed by atoms with E-state index in [2.05, 4.69) is 10.6 Å². The molecule has 1 saturated carbocycles. The van der Waals surface area contributed by atoms with Crippen LogP contribution < -0.4 is 10.6 Å². The molecule has 0 saturated heterocycles. The number of carboxylic acids is 1. The largest absolute Gasteiger partial charge is 0.481 e. The third-order valence-electron chi connectivity index (χ3n) is 3.56. The first-order chi connectivity index (χ1) is 9.83. The number of carbonyl (C=O) groups excluding carboxylic acids is 2. The molecule has 7 heteroatoms. The Bertz CT molecular complexity index is 398. The van der Waals surface area contributed by atoms with Crippen LogP contribution in [0.5, 0.6) is 0 Å². The van der Waals surface area contributed by atoms with E-state index < -0.39 is 5.97 Å². The second kappa shape index (κ2) is 7.85. The molecule has 120 valence electrons. The van der Waals surface area contributed by atoms with Crippen molar-refractivity contribution in [2.45, 2.75) is 52.1 Å². The van der Waals surface area contributed by atoms with Gasteiger partial charge in [0.25, 0.3) is 0 Å². The fourth-order valence-electron chi connectivity index (χ4n) is 2.47. The fourth-order valence-corrected chi connectivity index (χ4v) is 2.47. The Morgan fingerprint density at radius 1 is 1.29 bits per heavy atom. The molecule has 1 aliphatic rings. The monoisotopic (exact) mass is 299 g/mol. The van der Waals surface area contributed by atoms with E-state index in [1.165, 1.54) is 4.90 Å². The van der Waals surface area contributed by atoms with E-state index in [1.54, 1.807) is 6.92 Å². The molecule has 2 unspecified atom stereocenters. The molecular weight excluding hydrogens is 274 g/mol. The molecule has 1 rings (SSSR count). The average molecular weight is 299 g/mol. The van der Waals surface area contributed by atoms with Gasteiger partial charge in [0.15, 0.2) is 0 Å². The number of hydrogen-bond donors (Lipinski definition) is 3. The topological polar surface area (TPSA) is 98.7 Å². The lowest BCUT2D eigenvalue weighted by Crippen LogP contribution is -2.48. The number of carboxylic acid groups (broad SMARTS) is 1. The summed E-state index contributed by atoms with van der Waals surface area (Å²) in [6.45, 7) is 5.95. The lowest BCUT2D eigenvalue weighted by Gasteiger charge is -2.23. The Kier molecular flexibility index (Phi) is 6.45. The minimum absolute atomic E-state index is 0.00952. The molecule has 0 heterocycles. The van der Waals surface area contributed by atoms with Crippen molar-refractivity contribution in [3.63, 3.8) is 0 Å². The molecule has 0 aromatic carbocycles. The summed E-state index contributed by atoms with van der Waals surface area (Å²) < 4.78 is 0. The van der Waals surface area contributed by atoms with Gasteiger partial charge in [-0.25, -0.2) is 4.79 Å². The van der Waals surface area contributed by atoms with Crippen molar-refractivity contribution in [2.24, 2.45) is 5.92 Å². The van der Waals surface area contributed by atoms with Gasteiger partial charge in [0, 0.05) is 18.6 Å². The first-order valence-electron chi connectivity index (χ1n) is 7.41. The number of nitrogens with zero attached hydrogens (tertiary/aromatic N) is 1. The smallest absolute Gasteiger partial charge is 0.318 e. The molecule has 0 bridgehead atoms. The summed E-state index contributed by atoms with van der Waals surface area (Å²) in [6.07, 6.45) is 1.70. The SMILES string of the molecule is CCN(CC(=O)NC(C)C)C(=O)NC1CCC(C(=O)O)C1. The van der Waals surface area contributed by atoms with Crippen LogP contribution in [-0.4, -0.2) is 53.1 Å². The normalized spacial score (nSPS) is 21.1. The van der Waals surface area contributed by atoms with Crippen molar-refractivity contribution in [3.05, 3.63) is 0 Å². The summed E-state index contributed by atoms with van der Waals surface area (Å²) >= 11 is 0. The number of aliphatic carboxylic acids is 1. The minimum Gasteiger partial charge on any atom is -0.481 e. The van der Waals surface area contributed by atoms with Gasteiger partial charge in [-0.1, -0.05) is 0 Å². The molecule has 0 aromatic rings. The molecule has 0 spiro atoms. The predicted octanol–water partition coefficient (Wildman–Crippen LogP) is 0.796. The molecule has 2 atom stereocenters. The predicted molar refractivity (Wildman–Crippen MR) is 77.8 cm³/mol. The third kappa shape index (κ3) is 5.61. The van der Waals surface area contributed by atoms with Crippen LogP contribution in [0.4, 0.5) is 4.79 Å². The number of rotatable bonds is 6.